The molecule has 0 aliphatic heterocycles. The number of aromatic nitrogens is 5. The van der Waals surface area contributed by atoms with Crippen LogP contribution in [-0.2, 0) is 0 Å². The third-order valence-electron chi connectivity index (χ3n) is 5.51. The summed E-state index contributed by atoms with van der Waals surface area (Å²) in [6.07, 6.45) is 5.47. The van der Waals surface area contributed by atoms with Gasteiger partial charge >= 0.3 is 5.97 Å². The number of carbonyl (C=O) groups is 2. The molecule has 1 saturated carbocycles. The topological polar surface area (TPSA) is 115 Å². The molecule has 0 radical (unpaired) electrons. The monoisotopic (exact) mass is 430 g/mol. The molecule has 3 heterocycles. The summed E-state index contributed by atoms with van der Waals surface area (Å²) in [6.45, 7) is 4.08. The maximum absolute atomic E-state index is 13.2. The van der Waals surface area contributed by atoms with Gasteiger partial charge in [0.05, 0.1) is 22.8 Å². The highest BCUT2D eigenvalue weighted by molar-refractivity contribution is 6.12. The van der Waals surface area contributed by atoms with Crippen LogP contribution < -0.4 is 5.32 Å². The molecule has 1 amide bonds. The van der Waals surface area contributed by atoms with Crippen LogP contribution in [0, 0.1) is 0 Å². The highest BCUT2D eigenvalue weighted by atomic mass is 16.4. The standard InChI is InChI=1S/C23H22N6O3/c1-13(2)29-21-18(12-24-29)17(11-20(26-21)14-3-4-14)22(30)25-15-5-7-16(8-6-15)28-10-9-19(27-28)23(31)32/h5-14H,3-4H2,1-2H3,(H,25,30)(H,31,32). The zero-order valence-corrected chi connectivity index (χ0v) is 17.7. The van der Waals surface area contributed by atoms with Crippen LogP contribution in [0.15, 0.2) is 48.8 Å². The van der Waals surface area contributed by atoms with Crippen LogP contribution in [0.2, 0.25) is 0 Å². The predicted molar refractivity (Wildman–Crippen MR) is 118 cm³/mol. The Bertz CT molecular complexity index is 1330. The lowest BCUT2D eigenvalue weighted by atomic mass is 10.1. The van der Waals surface area contributed by atoms with Gasteiger partial charge in [-0.25, -0.2) is 19.1 Å². The maximum Gasteiger partial charge on any atom is 0.356 e. The summed E-state index contributed by atoms with van der Waals surface area (Å²) in [4.78, 5) is 29.0. The van der Waals surface area contributed by atoms with Crippen molar-refractivity contribution in [3.63, 3.8) is 0 Å². The van der Waals surface area contributed by atoms with E-state index < -0.39 is 5.97 Å². The lowest BCUT2D eigenvalue weighted by molar-refractivity contribution is 0.0689. The average Bonchev–Trinajstić information content (AvgIpc) is 3.33. The van der Waals surface area contributed by atoms with Crippen LogP contribution in [0.4, 0.5) is 5.69 Å². The van der Waals surface area contributed by atoms with Crippen LogP contribution in [0.5, 0.6) is 0 Å². The van der Waals surface area contributed by atoms with E-state index in [1.165, 1.54) is 10.7 Å². The predicted octanol–water partition coefficient (Wildman–Crippen LogP) is 4.03. The molecule has 1 aliphatic carbocycles. The summed E-state index contributed by atoms with van der Waals surface area (Å²) in [5.74, 6) is -0.893. The van der Waals surface area contributed by atoms with Crippen LogP contribution >= 0.6 is 0 Å². The molecular formula is C23H22N6O3. The van der Waals surface area contributed by atoms with Gasteiger partial charge in [-0.15, -0.1) is 0 Å². The SMILES string of the molecule is CC(C)n1ncc2c(C(=O)Nc3ccc(-n4ccc(C(=O)O)n4)cc3)cc(C3CC3)nc21. The Labute approximate surface area is 183 Å². The van der Waals surface area contributed by atoms with Crippen molar-refractivity contribution in [3.05, 3.63) is 65.7 Å². The summed E-state index contributed by atoms with van der Waals surface area (Å²) in [5.41, 5.74) is 3.52. The van der Waals surface area contributed by atoms with E-state index in [1.807, 2.05) is 24.6 Å². The Balaban J connectivity index is 1.42. The number of aromatic carboxylic acids is 1. The average molecular weight is 430 g/mol. The lowest BCUT2D eigenvalue weighted by Gasteiger charge is -2.11. The van der Waals surface area contributed by atoms with E-state index in [0.29, 0.717) is 22.9 Å². The van der Waals surface area contributed by atoms with Crippen LogP contribution in [0.25, 0.3) is 16.7 Å². The van der Waals surface area contributed by atoms with E-state index in [1.54, 1.807) is 36.7 Å². The van der Waals surface area contributed by atoms with Gasteiger partial charge in [-0.3, -0.25) is 4.79 Å². The molecule has 0 spiro atoms. The van der Waals surface area contributed by atoms with Gasteiger partial charge in [0.1, 0.15) is 0 Å². The van der Waals surface area contributed by atoms with Gasteiger partial charge in [0.2, 0.25) is 0 Å². The number of fused-ring (bicyclic) bond motifs is 1. The van der Waals surface area contributed by atoms with Crippen molar-refractivity contribution >= 4 is 28.6 Å². The number of hydrogen-bond donors (Lipinski definition) is 2. The normalized spacial score (nSPS) is 13.6. The molecule has 162 valence electrons. The Kier molecular flexibility index (Phi) is 4.73. The van der Waals surface area contributed by atoms with Gasteiger partial charge < -0.3 is 10.4 Å². The van der Waals surface area contributed by atoms with Crippen molar-refractivity contribution in [1.29, 1.82) is 0 Å². The van der Waals surface area contributed by atoms with Gasteiger partial charge in [0.15, 0.2) is 11.3 Å². The second-order valence-corrected chi connectivity index (χ2v) is 8.24. The first-order chi connectivity index (χ1) is 15.4. The number of carboxylic acid groups (broad SMARTS) is 1. The van der Waals surface area contributed by atoms with Crippen LogP contribution in [-0.4, -0.2) is 41.5 Å². The molecular weight excluding hydrogens is 408 g/mol. The van der Waals surface area contributed by atoms with Crippen molar-refractivity contribution < 1.29 is 14.7 Å². The minimum Gasteiger partial charge on any atom is -0.476 e. The summed E-state index contributed by atoms with van der Waals surface area (Å²) in [5, 5.41) is 21.2. The van der Waals surface area contributed by atoms with E-state index in [4.69, 9.17) is 10.1 Å². The first-order valence-electron chi connectivity index (χ1n) is 10.5. The quantitative estimate of drug-likeness (QED) is 0.477. The van der Waals surface area contributed by atoms with E-state index in [9.17, 15) is 9.59 Å². The van der Waals surface area contributed by atoms with E-state index >= 15 is 0 Å². The molecule has 0 saturated heterocycles. The van der Waals surface area contributed by atoms with E-state index in [2.05, 4.69) is 15.5 Å². The first-order valence-corrected chi connectivity index (χ1v) is 10.5. The highest BCUT2D eigenvalue weighted by Gasteiger charge is 2.28. The summed E-state index contributed by atoms with van der Waals surface area (Å²) < 4.78 is 3.33. The third-order valence-corrected chi connectivity index (χ3v) is 5.51. The molecule has 0 bridgehead atoms. The number of anilines is 1. The zero-order chi connectivity index (χ0) is 22.4. The van der Waals surface area contributed by atoms with Crippen molar-refractivity contribution in [1.82, 2.24) is 24.5 Å². The van der Waals surface area contributed by atoms with Gasteiger partial charge in [-0.2, -0.15) is 10.2 Å². The molecule has 4 aromatic rings. The Morgan fingerprint density at radius 2 is 1.91 bits per heavy atom. The van der Waals surface area contributed by atoms with Gasteiger partial charge in [-0.05, 0) is 63.1 Å². The number of nitrogens with one attached hydrogen (secondary N) is 1. The highest BCUT2D eigenvalue weighted by Crippen LogP contribution is 2.40. The molecule has 9 heteroatoms. The second-order valence-electron chi connectivity index (χ2n) is 8.24. The fraction of sp³-hybridized carbons (Fsp3) is 0.261. The molecule has 1 fully saturated rings. The number of carbonyl (C=O) groups excluding carboxylic acids is 1. The molecule has 0 atom stereocenters. The number of nitrogens with zero attached hydrogens (tertiary/aromatic N) is 5. The minimum absolute atomic E-state index is 0.0301. The Hall–Kier alpha value is -4.01. The summed E-state index contributed by atoms with van der Waals surface area (Å²) in [7, 11) is 0. The molecule has 1 aliphatic rings. The largest absolute Gasteiger partial charge is 0.476 e. The Morgan fingerprint density at radius 3 is 2.53 bits per heavy atom. The molecule has 0 unspecified atom stereocenters. The van der Waals surface area contributed by atoms with E-state index in [0.717, 1.165) is 29.6 Å². The van der Waals surface area contributed by atoms with Crippen molar-refractivity contribution in [2.45, 2.75) is 38.6 Å². The fourth-order valence-corrected chi connectivity index (χ4v) is 3.67. The number of hydrogen-bond acceptors (Lipinski definition) is 5. The number of carboxylic acids is 1. The zero-order valence-electron chi connectivity index (χ0n) is 17.7. The summed E-state index contributed by atoms with van der Waals surface area (Å²) >= 11 is 0. The molecule has 2 N–H and O–H groups in total. The second kappa shape index (κ2) is 7.60. The van der Waals surface area contributed by atoms with Crippen molar-refractivity contribution in [2.24, 2.45) is 0 Å². The van der Waals surface area contributed by atoms with Gasteiger partial charge in [0.25, 0.3) is 5.91 Å². The fourth-order valence-electron chi connectivity index (χ4n) is 3.67. The van der Waals surface area contributed by atoms with Crippen molar-refractivity contribution in [2.75, 3.05) is 5.32 Å². The van der Waals surface area contributed by atoms with Crippen molar-refractivity contribution in [3.8, 4) is 5.69 Å². The first kappa shape index (κ1) is 19.9. The third kappa shape index (κ3) is 3.62. The molecule has 32 heavy (non-hydrogen) atoms. The van der Waals surface area contributed by atoms with Crippen LogP contribution in [0.1, 0.15) is 65.2 Å². The van der Waals surface area contributed by atoms with Crippen LogP contribution in [0.3, 0.4) is 0 Å². The maximum atomic E-state index is 13.2. The molecule has 5 rings (SSSR count). The lowest BCUT2D eigenvalue weighted by Crippen LogP contribution is -2.14. The summed E-state index contributed by atoms with van der Waals surface area (Å²) in [6, 6.07) is 10.5. The number of amides is 1. The minimum atomic E-state index is -1.08. The molecule has 3 aromatic heterocycles. The Morgan fingerprint density at radius 1 is 1.16 bits per heavy atom. The number of pyridine rings is 1. The van der Waals surface area contributed by atoms with Gasteiger partial charge in [0, 0.05) is 29.5 Å². The smallest absolute Gasteiger partial charge is 0.356 e. The van der Waals surface area contributed by atoms with Gasteiger partial charge in [-0.1, -0.05) is 0 Å². The van der Waals surface area contributed by atoms with E-state index in [-0.39, 0.29) is 17.6 Å². The molecule has 1 aromatic carbocycles. The molecule has 9 nitrogen and oxygen atoms in total. The number of benzene rings is 1. The number of rotatable bonds is 6.